The lowest BCUT2D eigenvalue weighted by Gasteiger charge is -2.43. The zero-order valence-corrected chi connectivity index (χ0v) is 14.1. The summed E-state index contributed by atoms with van der Waals surface area (Å²) in [6.07, 6.45) is 2.26. The maximum atomic E-state index is 12.6. The van der Waals surface area contributed by atoms with Gasteiger partial charge in [0.05, 0.1) is 18.3 Å². The molecule has 3 rings (SSSR count). The maximum absolute atomic E-state index is 12.6. The van der Waals surface area contributed by atoms with Crippen molar-refractivity contribution in [3.8, 4) is 11.5 Å². The fourth-order valence-corrected chi connectivity index (χ4v) is 3.98. The molecule has 0 unspecified atom stereocenters. The molecule has 0 spiro atoms. The summed E-state index contributed by atoms with van der Waals surface area (Å²) in [7, 11) is -1.02. The van der Waals surface area contributed by atoms with Gasteiger partial charge in [-0.1, -0.05) is 13.8 Å². The van der Waals surface area contributed by atoms with Crippen molar-refractivity contribution in [1.82, 2.24) is 4.90 Å². The molecule has 2 aliphatic heterocycles. The second-order valence-electron chi connectivity index (χ2n) is 7.06. The van der Waals surface area contributed by atoms with Crippen LogP contribution < -0.4 is 9.47 Å². The highest BCUT2D eigenvalue weighted by atomic mass is 16.5. The quantitative estimate of drug-likeness (QED) is 0.854. The van der Waals surface area contributed by atoms with Crippen LogP contribution in [0.1, 0.15) is 48.0 Å². The predicted molar refractivity (Wildman–Crippen MR) is 90.1 cm³/mol. The highest BCUT2D eigenvalue weighted by molar-refractivity contribution is 5.83. The van der Waals surface area contributed by atoms with Gasteiger partial charge in [0, 0.05) is 31.5 Å². The van der Waals surface area contributed by atoms with Crippen molar-refractivity contribution in [2.45, 2.75) is 39.2 Å². The van der Waals surface area contributed by atoms with Crippen LogP contribution in [0, 0.1) is 11.8 Å². The van der Waals surface area contributed by atoms with Crippen LogP contribution in [-0.4, -0.2) is 37.9 Å². The summed E-state index contributed by atoms with van der Waals surface area (Å²) in [4.78, 5) is 15.0. The number of fused-ring (bicyclic) bond motifs is 3. The molecule has 0 bridgehead atoms. The van der Waals surface area contributed by atoms with Crippen molar-refractivity contribution in [2.24, 2.45) is 11.8 Å². The first-order valence-electron chi connectivity index (χ1n) is 9.84. The molecule has 1 aromatic carbocycles. The molecular weight excluding hydrogens is 290 g/mol. The van der Waals surface area contributed by atoms with Crippen LogP contribution in [0.15, 0.2) is 12.1 Å². The van der Waals surface area contributed by atoms with Gasteiger partial charge in [-0.2, -0.15) is 0 Å². The normalized spacial score (nSPS) is 26.8. The fourth-order valence-electron chi connectivity index (χ4n) is 3.98. The molecule has 4 nitrogen and oxygen atoms in total. The minimum Gasteiger partial charge on any atom is -0.493 e. The summed E-state index contributed by atoms with van der Waals surface area (Å²) < 4.78 is 32.5. The van der Waals surface area contributed by atoms with Gasteiger partial charge in [0.2, 0.25) is 0 Å². The maximum Gasteiger partial charge on any atom is 0.161 e. The Labute approximate surface area is 143 Å². The summed E-state index contributed by atoms with van der Waals surface area (Å²) in [5.41, 5.74) is 2.10. The molecule has 1 fully saturated rings. The number of ether oxygens (including phenoxy) is 2. The van der Waals surface area contributed by atoms with E-state index >= 15 is 0 Å². The zero-order valence-electron chi connectivity index (χ0n) is 17.1. The van der Waals surface area contributed by atoms with Crippen molar-refractivity contribution in [1.29, 1.82) is 0 Å². The largest absolute Gasteiger partial charge is 0.493 e. The van der Waals surface area contributed by atoms with Gasteiger partial charge in [0.1, 0.15) is 5.78 Å². The second kappa shape index (κ2) is 6.52. The van der Waals surface area contributed by atoms with E-state index in [1.165, 1.54) is 7.11 Å². The topological polar surface area (TPSA) is 38.8 Å². The van der Waals surface area contributed by atoms with Crippen LogP contribution in [0.5, 0.6) is 11.5 Å². The Balaban J connectivity index is 1.88. The van der Waals surface area contributed by atoms with Crippen LogP contribution in [0.25, 0.3) is 0 Å². The molecule has 2 heterocycles. The average molecular weight is 320 g/mol. The second-order valence-corrected chi connectivity index (χ2v) is 7.06. The molecule has 0 aromatic heterocycles. The van der Waals surface area contributed by atoms with E-state index in [0.717, 1.165) is 37.1 Å². The van der Waals surface area contributed by atoms with Gasteiger partial charge < -0.3 is 9.47 Å². The minimum absolute atomic E-state index is 0.0466. The third-order valence-electron chi connectivity index (χ3n) is 5.06. The average Bonchev–Trinajstić information content (AvgIpc) is 2.53. The number of carbonyl (C=O) groups excluding carboxylic acids is 1. The van der Waals surface area contributed by atoms with E-state index in [1.54, 1.807) is 6.07 Å². The standard InChI is InChI=1S/C19H27NO3/c1-12(2)7-14-11-20-6-5-13-8-18(22-3)19(23-4)9-15(13)16(20)10-17(14)21/h8-9,12,14,16H,5-7,10-11H2,1-4H3/t14-,16+/m0/s1/i3D3. The molecule has 0 saturated carbocycles. The molecule has 1 saturated heterocycles. The lowest BCUT2D eigenvalue weighted by Crippen LogP contribution is -2.46. The van der Waals surface area contributed by atoms with E-state index in [9.17, 15) is 4.79 Å². The van der Waals surface area contributed by atoms with Crippen molar-refractivity contribution >= 4 is 5.78 Å². The first-order chi connectivity index (χ1) is 12.2. The van der Waals surface area contributed by atoms with Crippen LogP contribution in [0.3, 0.4) is 0 Å². The Morgan fingerprint density at radius 3 is 2.83 bits per heavy atom. The molecule has 0 amide bonds. The summed E-state index contributed by atoms with van der Waals surface area (Å²) in [5.74, 6) is 1.60. The third-order valence-corrected chi connectivity index (χ3v) is 5.06. The molecule has 2 atom stereocenters. The molecule has 0 N–H and O–H groups in total. The number of rotatable bonds is 4. The monoisotopic (exact) mass is 320 g/mol. The number of hydrogen-bond donors (Lipinski definition) is 0. The summed E-state index contributed by atoms with van der Waals surface area (Å²) in [5, 5.41) is 0. The van der Waals surface area contributed by atoms with Gasteiger partial charge in [0.15, 0.2) is 11.5 Å². The van der Waals surface area contributed by atoms with Gasteiger partial charge in [-0.3, -0.25) is 9.69 Å². The highest BCUT2D eigenvalue weighted by Crippen LogP contribution is 2.42. The van der Waals surface area contributed by atoms with Crippen molar-refractivity contribution in [2.75, 3.05) is 27.2 Å². The van der Waals surface area contributed by atoms with E-state index in [-0.39, 0.29) is 17.7 Å². The number of benzene rings is 1. The first-order valence-corrected chi connectivity index (χ1v) is 8.34. The van der Waals surface area contributed by atoms with E-state index in [1.807, 2.05) is 6.07 Å². The Bertz CT molecular complexity index is 687. The predicted octanol–water partition coefficient (Wildman–Crippen LogP) is 3.24. The number of Topliss-reactive ketones (excluding diaryl/α,β-unsaturated/α-hetero) is 1. The Morgan fingerprint density at radius 1 is 1.35 bits per heavy atom. The number of piperidine rings is 1. The molecule has 1 aromatic rings. The van der Waals surface area contributed by atoms with Crippen LogP contribution in [0.2, 0.25) is 0 Å². The number of carbonyl (C=O) groups is 1. The molecule has 126 valence electrons. The molecule has 0 aliphatic carbocycles. The number of hydrogen-bond acceptors (Lipinski definition) is 4. The van der Waals surface area contributed by atoms with Crippen molar-refractivity contribution in [3.63, 3.8) is 0 Å². The molecule has 0 radical (unpaired) electrons. The molecular formula is C19H27NO3. The van der Waals surface area contributed by atoms with Gasteiger partial charge in [-0.15, -0.1) is 0 Å². The molecule has 4 heteroatoms. The first kappa shape index (κ1) is 12.8. The Kier molecular flexibility index (Phi) is 3.63. The smallest absolute Gasteiger partial charge is 0.161 e. The number of ketones is 1. The summed E-state index contributed by atoms with van der Waals surface area (Å²) >= 11 is 0. The molecule has 23 heavy (non-hydrogen) atoms. The molecule has 2 aliphatic rings. The van der Waals surface area contributed by atoms with Crippen molar-refractivity contribution in [3.05, 3.63) is 23.3 Å². The summed E-state index contributed by atoms with van der Waals surface area (Å²) in [6, 6.07) is 3.66. The lowest BCUT2D eigenvalue weighted by atomic mass is 9.80. The van der Waals surface area contributed by atoms with E-state index in [0.29, 0.717) is 23.9 Å². The van der Waals surface area contributed by atoms with E-state index in [4.69, 9.17) is 13.6 Å². The van der Waals surface area contributed by atoms with E-state index in [2.05, 4.69) is 18.7 Å². The van der Waals surface area contributed by atoms with Crippen molar-refractivity contribution < 1.29 is 18.4 Å². The third kappa shape index (κ3) is 3.09. The Morgan fingerprint density at radius 2 is 2.13 bits per heavy atom. The van der Waals surface area contributed by atoms with Crippen LogP contribution >= 0.6 is 0 Å². The SMILES string of the molecule is [2H]C([2H])([2H])Oc1cc2c(cc1OC)[C@H]1CC(=O)[C@@H](CC(C)C)CN1CC2. The fraction of sp³-hybridized carbons (Fsp3) is 0.632. The zero-order chi connectivity index (χ0) is 19.1. The van der Waals surface area contributed by atoms with Gasteiger partial charge in [-0.25, -0.2) is 0 Å². The lowest BCUT2D eigenvalue weighted by molar-refractivity contribution is -0.129. The number of nitrogens with zero attached hydrogens (tertiary/aromatic N) is 1. The van der Waals surface area contributed by atoms with Gasteiger partial charge in [-0.05, 0) is 42.0 Å². The minimum atomic E-state index is -2.52. The summed E-state index contributed by atoms with van der Waals surface area (Å²) in [6.45, 7) is 5.99. The van der Waals surface area contributed by atoms with Crippen LogP contribution in [0.4, 0.5) is 0 Å². The number of methoxy groups -OCH3 is 2. The van der Waals surface area contributed by atoms with Gasteiger partial charge >= 0.3 is 0 Å². The van der Waals surface area contributed by atoms with Crippen LogP contribution in [-0.2, 0) is 11.2 Å². The highest BCUT2D eigenvalue weighted by Gasteiger charge is 2.38. The van der Waals surface area contributed by atoms with Gasteiger partial charge in [0.25, 0.3) is 0 Å². The Hall–Kier alpha value is -1.55. The van der Waals surface area contributed by atoms with E-state index < -0.39 is 7.04 Å².